The Kier molecular flexibility index (Phi) is 4.87. The van der Waals surface area contributed by atoms with Gasteiger partial charge in [0.2, 0.25) is 0 Å². The normalized spacial score (nSPS) is 15.2. The third-order valence-electron chi connectivity index (χ3n) is 11.1. The zero-order valence-corrected chi connectivity index (χ0v) is 28.0. The quantitative estimate of drug-likeness (QED) is 0.156. The van der Waals surface area contributed by atoms with Gasteiger partial charge in [-0.2, -0.15) is 0 Å². The van der Waals surface area contributed by atoms with Gasteiger partial charge in [-0.1, -0.05) is 108 Å². The molecular weight excluding hydrogens is 650 g/mol. The topological polar surface area (TPSA) is 24.9 Å². The maximum atomic E-state index is 7.32. The van der Waals surface area contributed by atoms with E-state index in [0.29, 0.717) is 0 Å². The molecule has 7 aromatic rings. The first-order valence-electron chi connectivity index (χ1n) is 17.0. The second-order valence-corrected chi connectivity index (χ2v) is 15.7. The Morgan fingerprint density at radius 3 is 1.28 bits per heavy atom. The lowest BCUT2D eigenvalue weighted by atomic mass is 9.31. The van der Waals surface area contributed by atoms with Crippen LogP contribution in [0.2, 0.25) is 0 Å². The fourth-order valence-electron chi connectivity index (χ4n) is 9.29. The van der Waals surface area contributed by atoms with Crippen LogP contribution in [0.15, 0.2) is 153 Å². The molecule has 0 aromatic heterocycles. The Morgan fingerprint density at radius 2 is 0.780 bits per heavy atom. The summed E-state index contributed by atoms with van der Waals surface area (Å²) in [6, 6.07) is 48.5. The maximum absolute atomic E-state index is 7.32. The molecular formula is C42H22B2N2O2S2. The van der Waals surface area contributed by atoms with Crippen LogP contribution in [-0.2, 0) is 0 Å². The van der Waals surface area contributed by atoms with E-state index in [1.54, 1.807) is 0 Å². The molecule has 13 rings (SSSR count). The average Bonchev–Trinajstić information content (AvgIpc) is 3.17. The van der Waals surface area contributed by atoms with Crippen LogP contribution in [0, 0.1) is 0 Å². The SMILES string of the molecule is c1ccc2c(c1)Oc1c3c(c4c5c1N1c6ccccc6Sc6cccc(c61)B5c1ccccc1O4)N1c4ccccc4Sc4cccc(c41)B23. The van der Waals surface area contributed by atoms with Crippen molar-refractivity contribution in [3.8, 4) is 23.0 Å². The molecule has 0 radical (unpaired) electrons. The summed E-state index contributed by atoms with van der Waals surface area (Å²) >= 11 is 3.72. The molecule has 4 nitrogen and oxygen atoms in total. The summed E-state index contributed by atoms with van der Waals surface area (Å²) in [6.07, 6.45) is 0. The first-order valence-corrected chi connectivity index (χ1v) is 18.6. The summed E-state index contributed by atoms with van der Waals surface area (Å²) in [6.45, 7) is -0.0670. The molecule has 0 saturated carbocycles. The first kappa shape index (κ1) is 26.4. The highest BCUT2D eigenvalue weighted by Crippen LogP contribution is 2.60. The van der Waals surface area contributed by atoms with Crippen molar-refractivity contribution in [2.24, 2.45) is 0 Å². The molecule has 0 bridgehead atoms. The number of hydrogen-bond acceptors (Lipinski definition) is 6. The molecule has 0 fully saturated rings. The molecule has 50 heavy (non-hydrogen) atoms. The monoisotopic (exact) mass is 672 g/mol. The standard InChI is InChI=1S/C42H22B2N2O2S2/c1-5-17-29-23(11-1)43-25-13-9-21-33-37(25)45(27-15-3-7-19-31(27)49-33)39-35(43)41(47-29)40-36-42(39)48-30-18-6-2-12-24(30)44(36)26-14-10-22-34-38(26)46(40)28-16-4-8-20-32(28)50-34/h1-22H. The molecule has 0 N–H and O–H groups in total. The van der Waals surface area contributed by atoms with Gasteiger partial charge in [-0.25, -0.2) is 0 Å². The Balaban J connectivity index is 1.25. The molecule has 6 aliphatic rings. The molecule has 0 saturated heterocycles. The molecule has 7 aromatic carbocycles. The first-order chi connectivity index (χ1) is 24.8. The zero-order valence-electron chi connectivity index (χ0n) is 26.4. The zero-order chi connectivity index (χ0) is 32.2. The number of fused-ring (bicyclic) bond motifs is 14. The van der Waals surface area contributed by atoms with E-state index in [9.17, 15) is 0 Å². The second kappa shape index (κ2) is 9.21. The van der Waals surface area contributed by atoms with Gasteiger partial charge in [0.05, 0.1) is 34.1 Å². The number of rotatable bonds is 0. The van der Waals surface area contributed by atoms with E-state index in [4.69, 9.17) is 9.47 Å². The van der Waals surface area contributed by atoms with E-state index in [1.807, 2.05) is 23.5 Å². The molecule has 6 heterocycles. The van der Waals surface area contributed by atoms with Gasteiger partial charge in [-0.3, -0.25) is 0 Å². The molecule has 0 aliphatic carbocycles. The summed E-state index contributed by atoms with van der Waals surface area (Å²) in [5.74, 6) is 3.66. The number of anilines is 6. The highest BCUT2D eigenvalue weighted by Gasteiger charge is 2.53. The van der Waals surface area contributed by atoms with Crippen LogP contribution in [-0.4, -0.2) is 13.4 Å². The Bertz CT molecular complexity index is 2550. The van der Waals surface area contributed by atoms with Crippen molar-refractivity contribution < 1.29 is 9.47 Å². The predicted molar refractivity (Wildman–Crippen MR) is 206 cm³/mol. The lowest BCUT2D eigenvalue weighted by Crippen LogP contribution is -2.64. The van der Waals surface area contributed by atoms with E-state index in [0.717, 1.165) is 34.4 Å². The van der Waals surface area contributed by atoms with Gasteiger partial charge >= 0.3 is 0 Å². The average molecular weight is 672 g/mol. The van der Waals surface area contributed by atoms with Crippen molar-refractivity contribution >= 4 is 104 Å². The van der Waals surface area contributed by atoms with Crippen molar-refractivity contribution in [2.45, 2.75) is 19.6 Å². The summed E-state index contributed by atoms with van der Waals surface area (Å²) in [7, 11) is 0. The lowest BCUT2D eigenvalue weighted by Gasteiger charge is -2.49. The van der Waals surface area contributed by atoms with E-state index >= 15 is 0 Å². The third-order valence-corrected chi connectivity index (χ3v) is 13.3. The molecule has 230 valence electrons. The van der Waals surface area contributed by atoms with Gasteiger partial charge in [-0.05, 0) is 70.4 Å². The van der Waals surface area contributed by atoms with Crippen molar-refractivity contribution in [1.29, 1.82) is 0 Å². The van der Waals surface area contributed by atoms with E-state index in [1.165, 1.54) is 75.1 Å². The van der Waals surface area contributed by atoms with Crippen molar-refractivity contribution in [3.05, 3.63) is 133 Å². The summed E-state index contributed by atoms with van der Waals surface area (Å²) < 4.78 is 14.6. The largest absolute Gasteiger partial charge is 0.456 e. The van der Waals surface area contributed by atoms with Gasteiger partial charge in [0.25, 0.3) is 13.4 Å². The van der Waals surface area contributed by atoms with Crippen molar-refractivity contribution in [3.63, 3.8) is 0 Å². The highest BCUT2D eigenvalue weighted by atomic mass is 32.2. The van der Waals surface area contributed by atoms with Crippen molar-refractivity contribution in [1.82, 2.24) is 0 Å². The van der Waals surface area contributed by atoms with Gasteiger partial charge in [0, 0.05) is 30.5 Å². The van der Waals surface area contributed by atoms with Gasteiger partial charge < -0.3 is 19.3 Å². The number of hydrogen-bond donors (Lipinski definition) is 0. The maximum Gasteiger partial charge on any atom is 0.256 e. The minimum Gasteiger partial charge on any atom is -0.456 e. The third kappa shape index (κ3) is 3.08. The van der Waals surface area contributed by atoms with E-state index < -0.39 is 0 Å². The summed E-state index contributed by atoms with van der Waals surface area (Å²) in [4.78, 5) is 9.97. The Labute approximate surface area is 297 Å². The van der Waals surface area contributed by atoms with Crippen LogP contribution >= 0.6 is 23.5 Å². The van der Waals surface area contributed by atoms with Crippen molar-refractivity contribution in [2.75, 3.05) is 9.80 Å². The number of nitrogens with zero attached hydrogens (tertiary/aromatic N) is 2. The molecule has 0 unspecified atom stereocenters. The summed E-state index contributed by atoms with van der Waals surface area (Å²) in [5, 5.41) is 0. The van der Waals surface area contributed by atoms with Crippen LogP contribution < -0.4 is 52.1 Å². The second-order valence-electron chi connectivity index (χ2n) is 13.5. The fraction of sp³-hybridized carbons (Fsp3) is 0. The molecule has 0 spiro atoms. The molecule has 0 amide bonds. The smallest absolute Gasteiger partial charge is 0.256 e. The molecule has 8 heteroatoms. The molecule has 6 aliphatic heterocycles. The Morgan fingerprint density at radius 1 is 0.380 bits per heavy atom. The highest BCUT2D eigenvalue weighted by molar-refractivity contribution is 8.00. The van der Waals surface area contributed by atoms with Crippen LogP contribution in [0.3, 0.4) is 0 Å². The van der Waals surface area contributed by atoms with E-state index in [2.05, 4.69) is 143 Å². The number of benzene rings is 7. The minimum absolute atomic E-state index is 0.0335. The van der Waals surface area contributed by atoms with Gasteiger partial charge in [0.15, 0.2) is 0 Å². The van der Waals surface area contributed by atoms with Crippen LogP contribution in [0.5, 0.6) is 23.0 Å². The van der Waals surface area contributed by atoms with Crippen LogP contribution in [0.1, 0.15) is 0 Å². The summed E-state index contributed by atoms with van der Waals surface area (Å²) in [5.41, 5.74) is 14.3. The van der Waals surface area contributed by atoms with Crippen LogP contribution in [0.4, 0.5) is 34.1 Å². The molecule has 0 atom stereocenters. The number of ether oxygens (including phenoxy) is 2. The van der Waals surface area contributed by atoms with Gasteiger partial charge in [-0.15, -0.1) is 0 Å². The predicted octanol–water partition coefficient (Wildman–Crippen LogP) is 7.43. The lowest BCUT2D eigenvalue weighted by molar-refractivity contribution is 0.477. The van der Waals surface area contributed by atoms with Crippen LogP contribution in [0.25, 0.3) is 0 Å². The minimum atomic E-state index is -0.0335. The van der Waals surface area contributed by atoms with E-state index in [-0.39, 0.29) is 13.4 Å². The fourth-order valence-corrected chi connectivity index (χ4v) is 11.5. The number of para-hydroxylation sites is 6. The Hall–Kier alpha value is -5.43. The van der Waals surface area contributed by atoms with Gasteiger partial charge in [0.1, 0.15) is 23.0 Å².